The topological polar surface area (TPSA) is 122 Å². The number of hydrogen-bond acceptors (Lipinski definition) is 6. The van der Waals surface area contributed by atoms with Crippen LogP contribution in [0.5, 0.6) is 0 Å². The van der Waals surface area contributed by atoms with Gasteiger partial charge in [0, 0.05) is 9.26 Å². The monoisotopic (exact) mass is 532 g/mol. The van der Waals surface area contributed by atoms with Crippen molar-refractivity contribution in [1.82, 2.24) is 4.72 Å². The van der Waals surface area contributed by atoms with Gasteiger partial charge in [-0.2, -0.15) is 4.72 Å². The standard InChI is InChI=1S/C19H21IN2O6S/c1-2-28-18(24)11-13-3-7-15(8-4-13)21-19(25)17(12-23)22-29(26,27)16-9-5-14(20)6-10-16/h3-10,17,22-23H,2,11-12H2,1H3,(H,21,25). The number of nitrogens with one attached hydrogen (secondary N) is 2. The molecule has 3 N–H and O–H groups in total. The highest BCUT2D eigenvalue weighted by Gasteiger charge is 2.25. The summed E-state index contributed by atoms with van der Waals surface area (Å²) in [5.41, 5.74) is 1.11. The molecule has 0 heterocycles. The summed E-state index contributed by atoms with van der Waals surface area (Å²) in [7, 11) is -3.98. The van der Waals surface area contributed by atoms with E-state index in [1.54, 1.807) is 43.3 Å². The summed E-state index contributed by atoms with van der Waals surface area (Å²) in [5.74, 6) is -1.06. The van der Waals surface area contributed by atoms with Gasteiger partial charge in [0.25, 0.3) is 0 Å². The molecule has 0 aliphatic heterocycles. The van der Waals surface area contributed by atoms with Gasteiger partial charge < -0.3 is 15.2 Å². The minimum absolute atomic E-state index is 0.00696. The Hall–Kier alpha value is -2.02. The first kappa shape index (κ1) is 23.3. The smallest absolute Gasteiger partial charge is 0.310 e. The molecule has 0 saturated heterocycles. The molecule has 2 aromatic carbocycles. The average molecular weight is 532 g/mol. The Kier molecular flexibility index (Phi) is 8.56. The maximum absolute atomic E-state index is 12.4. The second-order valence-corrected chi connectivity index (χ2v) is 8.94. The van der Waals surface area contributed by atoms with Crippen molar-refractivity contribution in [2.75, 3.05) is 18.5 Å². The molecular formula is C19H21IN2O6S. The fourth-order valence-corrected chi connectivity index (χ4v) is 3.90. The van der Waals surface area contributed by atoms with Crippen LogP contribution in [0.2, 0.25) is 0 Å². The molecule has 0 aliphatic carbocycles. The first-order chi connectivity index (χ1) is 13.7. The van der Waals surface area contributed by atoms with Crippen molar-refractivity contribution in [3.8, 4) is 0 Å². The van der Waals surface area contributed by atoms with E-state index in [9.17, 15) is 23.1 Å². The van der Waals surface area contributed by atoms with Gasteiger partial charge in [0.2, 0.25) is 15.9 Å². The van der Waals surface area contributed by atoms with Gasteiger partial charge in [0.05, 0.1) is 24.5 Å². The number of carbonyl (C=O) groups is 2. The van der Waals surface area contributed by atoms with Gasteiger partial charge in [0.15, 0.2) is 0 Å². The van der Waals surface area contributed by atoms with Crippen molar-refractivity contribution in [2.45, 2.75) is 24.3 Å². The van der Waals surface area contributed by atoms with Crippen LogP contribution >= 0.6 is 22.6 Å². The summed E-state index contributed by atoms with van der Waals surface area (Å²) < 4.78 is 32.8. The van der Waals surface area contributed by atoms with Gasteiger partial charge in [-0.15, -0.1) is 0 Å². The SMILES string of the molecule is CCOC(=O)Cc1ccc(NC(=O)C(CO)NS(=O)(=O)c2ccc(I)cc2)cc1. The number of carbonyl (C=O) groups excluding carboxylic acids is 2. The highest BCUT2D eigenvalue weighted by atomic mass is 127. The fourth-order valence-electron chi connectivity index (χ4n) is 2.36. The van der Waals surface area contributed by atoms with Crippen LogP contribution in [-0.2, 0) is 30.8 Å². The number of amides is 1. The Labute approximate surface area is 182 Å². The number of esters is 1. The van der Waals surface area contributed by atoms with Gasteiger partial charge >= 0.3 is 5.97 Å². The van der Waals surface area contributed by atoms with Crippen LogP contribution in [0.25, 0.3) is 0 Å². The third kappa shape index (κ3) is 7.07. The molecule has 0 saturated carbocycles. The predicted molar refractivity (Wildman–Crippen MR) is 116 cm³/mol. The van der Waals surface area contributed by atoms with Gasteiger partial charge in [-0.25, -0.2) is 8.42 Å². The lowest BCUT2D eigenvalue weighted by molar-refractivity contribution is -0.142. The molecule has 1 atom stereocenters. The molecule has 29 heavy (non-hydrogen) atoms. The minimum Gasteiger partial charge on any atom is -0.466 e. The first-order valence-corrected chi connectivity index (χ1v) is 11.3. The number of anilines is 1. The first-order valence-electron chi connectivity index (χ1n) is 8.69. The molecule has 0 radical (unpaired) electrons. The Balaban J connectivity index is 2.02. The Morgan fingerprint density at radius 2 is 1.72 bits per heavy atom. The second-order valence-electron chi connectivity index (χ2n) is 5.98. The molecule has 10 heteroatoms. The largest absolute Gasteiger partial charge is 0.466 e. The van der Waals surface area contributed by atoms with Crippen LogP contribution < -0.4 is 10.0 Å². The van der Waals surface area contributed by atoms with Crippen molar-refractivity contribution in [2.24, 2.45) is 0 Å². The molecule has 0 fully saturated rings. The van der Waals surface area contributed by atoms with Crippen molar-refractivity contribution in [3.05, 3.63) is 57.7 Å². The number of rotatable bonds is 9. The molecule has 156 valence electrons. The summed E-state index contributed by atoms with van der Waals surface area (Å²) >= 11 is 2.05. The second kappa shape index (κ2) is 10.7. The van der Waals surface area contributed by atoms with E-state index in [4.69, 9.17) is 4.74 Å². The molecule has 1 unspecified atom stereocenters. The van der Waals surface area contributed by atoms with Crippen LogP contribution in [0, 0.1) is 3.57 Å². The molecular weight excluding hydrogens is 511 g/mol. The zero-order valence-corrected chi connectivity index (χ0v) is 18.6. The number of aliphatic hydroxyl groups is 1. The van der Waals surface area contributed by atoms with Crippen LogP contribution in [0.4, 0.5) is 5.69 Å². The summed E-state index contributed by atoms with van der Waals surface area (Å²) in [4.78, 5) is 23.9. The Morgan fingerprint density at radius 1 is 1.10 bits per heavy atom. The zero-order chi connectivity index (χ0) is 21.4. The number of hydrogen-bond donors (Lipinski definition) is 3. The molecule has 2 aromatic rings. The maximum Gasteiger partial charge on any atom is 0.310 e. The highest BCUT2D eigenvalue weighted by molar-refractivity contribution is 14.1. The van der Waals surface area contributed by atoms with E-state index in [0.29, 0.717) is 17.9 Å². The summed E-state index contributed by atoms with van der Waals surface area (Å²) in [6.45, 7) is 1.31. The maximum atomic E-state index is 12.4. The quantitative estimate of drug-likeness (QED) is 0.334. The average Bonchev–Trinajstić information content (AvgIpc) is 2.68. The summed E-state index contributed by atoms with van der Waals surface area (Å²) in [5, 5.41) is 12.0. The van der Waals surface area contributed by atoms with Gasteiger partial charge in [-0.05, 0) is 71.5 Å². The van der Waals surface area contributed by atoms with E-state index in [-0.39, 0.29) is 17.3 Å². The number of aliphatic hydroxyl groups excluding tert-OH is 1. The Morgan fingerprint density at radius 3 is 2.28 bits per heavy atom. The molecule has 2 rings (SSSR count). The molecule has 8 nitrogen and oxygen atoms in total. The van der Waals surface area contributed by atoms with Crippen LogP contribution in [0.1, 0.15) is 12.5 Å². The Bertz CT molecular complexity index is 946. The van der Waals surface area contributed by atoms with Crippen molar-refractivity contribution < 1.29 is 27.9 Å². The van der Waals surface area contributed by atoms with Crippen LogP contribution in [-0.4, -0.2) is 44.7 Å². The summed E-state index contributed by atoms with van der Waals surface area (Å²) in [6, 6.07) is 11.2. The van der Waals surface area contributed by atoms with Crippen molar-refractivity contribution in [3.63, 3.8) is 0 Å². The van der Waals surface area contributed by atoms with E-state index in [1.165, 1.54) is 12.1 Å². The van der Waals surface area contributed by atoms with Crippen molar-refractivity contribution >= 4 is 50.2 Å². The van der Waals surface area contributed by atoms with Gasteiger partial charge in [-0.3, -0.25) is 9.59 Å². The molecule has 0 spiro atoms. The third-order valence-corrected chi connectivity index (χ3v) is 6.00. The van der Waals surface area contributed by atoms with E-state index in [0.717, 1.165) is 3.57 Å². The molecule has 1 amide bonds. The molecule has 0 aliphatic rings. The number of ether oxygens (including phenoxy) is 1. The van der Waals surface area contributed by atoms with E-state index >= 15 is 0 Å². The van der Waals surface area contributed by atoms with E-state index < -0.39 is 28.6 Å². The summed E-state index contributed by atoms with van der Waals surface area (Å²) in [6.07, 6.45) is 0.108. The minimum atomic E-state index is -3.98. The normalized spacial score (nSPS) is 12.2. The number of halogens is 1. The lowest BCUT2D eigenvalue weighted by atomic mass is 10.1. The lowest BCUT2D eigenvalue weighted by Gasteiger charge is -2.16. The van der Waals surface area contributed by atoms with Crippen molar-refractivity contribution in [1.29, 1.82) is 0 Å². The zero-order valence-electron chi connectivity index (χ0n) is 15.6. The van der Waals surface area contributed by atoms with E-state index in [1.807, 2.05) is 22.6 Å². The van der Waals surface area contributed by atoms with Crippen LogP contribution in [0.15, 0.2) is 53.4 Å². The molecule has 0 aromatic heterocycles. The van der Waals surface area contributed by atoms with Gasteiger partial charge in [-0.1, -0.05) is 12.1 Å². The molecule has 0 bridgehead atoms. The highest BCUT2D eigenvalue weighted by Crippen LogP contribution is 2.14. The number of sulfonamides is 1. The number of benzene rings is 2. The lowest BCUT2D eigenvalue weighted by Crippen LogP contribution is -2.46. The third-order valence-electron chi connectivity index (χ3n) is 3.80. The van der Waals surface area contributed by atoms with E-state index in [2.05, 4.69) is 10.0 Å². The fraction of sp³-hybridized carbons (Fsp3) is 0.263. The van der Waals surface area contributed by atoms with Gasteiger partial charge in [0.1, 0.15) is 6.04 Å². The predicted octanol–water partition coefficient (Wildman–Crippen LogP) is 1.67. The van der Waals surface area contributed by atoms with Crippen LogP contribution in [0.3, 0.4) is 0 Å².